The van der Waals surface area contributed by atoms with Crippen LogP contribution in [0.4, 0.5) is 0 Å². The van der Waals surface area contributed by atoms with Gasteiger partial charge in [-0.05, 0) is 0 Å². The van der Waals surface area contributed by atoms with E-state index in [4.69, 9.17) is 19.6 Å². The van der Waals surface area contributed by atoms with Crippen LogP contribution in [-0.2, 0) is 9.13 Å². The highest BCUT2D eigenvalue weighted by Gasteiger charge is 2.18. The second kappa shape index (κ2) is 3.78. The average molecular weight is 204 g/mol. The lowest BCUT2D eigenvalue weighted by Gasteiger charge is -2.04. The van der Waals surface area contributed by atoms with Crippen molar-refractivity contribution in [3.05, 3.63) is 0 Å². The Morgan fingerprint density at radius 2 is 1.18 bits per heavy atom. The monoisotopic (exact) mass is 204 g/mol. The summed E-state index contributed by atoms with van der Waals surface area (Å²) < 4.78 is 20.1. The van der Waals surface area contributed by atoms with Crippen LogP contribution in [0.5, 0.6) is 0 Å². The molecule has 0 saturated carbocycles. The van der Waals surface area contributed by atoms with Crippen molar-refractivity contribution in [1.29, 1.82) is 0 Å². The third kappa shape index (κ3) is 10.3. The van der Waals surface area contributed by atoms with Gasteiger partial charge in [0.15, 0.2) is 0 Å². The minimum Gasteiger partial charge on any atom is -0.323 e. The highest BCUT2D eigenvalue weighted by molar-refractivity contribution is 7.52. The van der Waals surface area contributed by atoms with Gasteiger partial charge in [0.2, 0.25) is 0 Å². The molecule has 0 rings (SSSR count). The number of hydrogen-bond donors (Lipinski definition) is 4. The van der Waals surface area contributed by atoms with Crippen LogP contribution in [0, 0.1) is 0 Å². The molecular weight excluding hydrogens is 196 g/mol. The number of hydrogen-bond acceptors (Lipinski definition) is 2. The molecule has 0 aliphatic heterocycles. The molecule has 0 amide bonds. The van der Waals surface area contributed by atoms with Crippen LogP contribution >= 0.6 is 15.2 Å². The van der Waals surface area contributed by atoms with Crippen LogP contribution in [0.25, 0.3) is 0 Å². The first-order valence-electron chi connectivity index (χ1n) is 2.43. The lowest BCUT2D eigenvalue weighted by atomic mass is 11.2. The molecule has 0 aromatic carbocycles. The van der Waals surface area contributed by atoms with Gasteiger partial charge in [0.05, 0.1) is 0 Å². The fraction of sp³-hybridized carbons (Fsp3) is 1.00. The van der Waals surface area contributed by atoms with E-state index < -0.39 is 27.8 Å². The van der Waals surface area contributed by atoms with Crippen LogP contribution < -0.4 is 5.32 Å². The van der Waals surface area contributed by atoms with Crippen LogP contribution in [0.3, 0.4) is 0 Å². The smallest absolute Gasteiger partial charge is 0.323 e. The van der Waals surface area contributed by atoms with Gasteiger partial charge in [0, 0.05) is 0 Å². The Balaban J connectivity index is 3.61. The average Bonchev–Trinajstić information content (AvgIpc) is 1.55. The third-order valence-corrected chi connectivity index (χ3v) is 1.71. The van der Waals surface area contributed by atoms with E-state index in [-0.39, 0.29) is 0 Å². The summed E-state index contributed by atoms with van der Waals surface area (Å²) >= 11 is 0. The molecule has 0 bridgehead atoms. The van der Waals surface area contributed by atoms with Gasteiger partial charge in [-0.1, -0.05) is 0 Å². The minimum absolute atomic E-state index is 0.849. The van der Waals surface area contributed by atoms with E-state index in [1.165, 1.54) is 0 Å². The quantitative estimate of drug-likeness (QED) is 0.428. The van der Waals surface area contributed by atoms with Gasteiger partial charge >= 0.3 is 15.2 Å². The van der Waals surface area contributed by atoms with Crippen molar-refractivity contribution in [1.82, 2.24) is 5.32 Å². The maximum Gasteiger partial charge on any atom is 0.340 e. The van der Waals surface area contributed by atoms with E-state index in [1.54, 1.807) is 0 Å². The van der Waals surface area contributed by atoms with Gasteiger partial charge < -0.3 is 19.6 Å². The molecule has 0 heterocycles. The van der Waals surface area contributed by atoms with Crippen molar-refractivity contribution in [2.75, 3.05) is 12.6 Å². The highest BCUT2D eigenvalue weighted by Crippen LogP contribution is 2.36. The predicted octanol–water partition coefficient (Wildman–Crippen LogP) is -1.14. The molecule has 9 heteroatoms. The van der Waals surface area contributed by atoms with E-state index in [0.717, 1.165) is 0 Å². The van der Waals surface area contributed by atoms with Gasteiger partial charge in [-0.15, -0.1) is 0 Å². The topological polar surface area (TPSA) is 129 Å². The van der Waals surface area contributed by atoms with Crippen molar-refractivity contribution < 1.29 is 28.7 Å². The summed E-state index contributed by atoms with van der Waals surface area (Å²) in [4.78, 5) is 32.7. The first-order chi connectivity index (χ1) is 4.71. The van der Waals surface area contributed by atoms with Crippen LogP contribution in [0.1, 0.15) is 0 Å². The Morgan fingerprint density at radius 1 is 0.909 bits per heavy atom. The van der Waals surface area contributed by atoms with E-state index in [0.29, 0.717) is 0 Å². The molecule has 0 atom stereocenters. The summed E-state index contributed by atoms with van der Waals surface area (Å²) in [6, 6.07) is 0. The predicted molar refractivity (Wildman–Crippen MR) is 36.0 cm³/mol. The van der Waals surface area contributed by atoms with Gasteiger partial charge in [-0.3, -0.25) is 9.13 Å². The largest absolute Gasteiger partial charge is 0.340 e. The summed E-state index contributed by atoms with van der Waals surface area (Å²) in [5.41, 5.74) is 0. The van der Waals surface area contributed by atoms with Crippen LogP contribution in [0.15, 0.2) is 0 Å². The standard InChI is InChI=1S/C2H8NO6P2/c4-10(5,6)1-3-2-11(7,8)9/h1-2H2,(H2,4,5,6)(H2,7,8,9). The van der Waals surface area contributed by atoms with Gasteiger partial charge in [-0.25, -0.2) is 5.32 Å². The zero-order chi connectivity index (χ0) is 9.12. The van der Waals surface area contributed by atoms with E-state index >= 15 is 0 Å². The normalized spacial score (nSPS) is 13.5. The summed E-state index contributed by atoms with van der Waals surface area (Å²) in [5, 5.41) is 2.99. The number of rotatable bonds is 4. The van der Waals surface area contributed by atoms with Crippen molar-refractivity contribution in [2.24, 2.45) is 0 Å². The van der Waals surface area contributed by atoms with E-state index in [1.807, 2.05) is 0 Å². The molecule has 0 fully saturated rings. The molecule has 7 nitrogen and oxygen atoms in total. The Kier molecular flexibility index (Phi) is 3.87. The second-order valence-electron chi connectivity index (χ2n) is 1.84. The first-order valence-corrected chi connectivity index (χ1v) is 6.03. The maximum atomic E-state index is 10.1. The van der Waals surface area contributed by atoms with Gasteiger partial charge in [0.25, 0.3) is 0 Å². The SMILES string of the molecule is O=P(O)(O)C[N]CP(=O)(O)O. The molecule has 1 radical (unpaired) electrons. The van der Waals surface area contributed by atoms with Crippen molar-refractivity contribution in [3.8, 4) is 0 Å². The lowest BCUT2D eigenvalue weighted by Crippen LogP contribution is -2.08. The first kappa shape index (κ1) is 11.3. The molecule has 0 spiro atoms. The Bertz CT molecular complexity index is 181. The molecule has 4 N–H and O–H groups in total. The van der Waals surface area contributed by atoms with Gasteiger partial charge in [0.1, 0.15) is 12.6 Å². The molecule has 0 aromatic rings. The van der Waals surface area contributed by atoms with Crippen LogP contribution in [0.2, 0.25) is 0 Å². The Hall–Kier alpha value is 0.260. The zero-order valence-electron chi connectivity index (χ0n) is 5.36. The van der Waals surface area contributed by atoms with E-state index in [2.05, 4.69) is 5.32 Å². The van der Waals surface area contributed by atoms with Crippen molar-refractivity contribution in [3.63, 3.8) is 0 Å². The molecule has 67 valence electrons. The Labute approximate surface area is 62.8 Å². The zero-order valence-corrected chi connectivity index (χ0v) is 7.15. The second-order valence-corrected chi connectivity index (χ2v) is 5.06. The summed E-state index contributed by atoms with van der Waals surface area (Å²) in [6.07, 6.45) is -1.70. The van der Waals surface area contributed by atoms with Crippen molar-refractivity contribution in [2.45, 2.75) is 0 Å². The molecule has 0 saturated heterocycles. The molecular formula is C2H8NO6P2. The summed E-state index contributed by atoms with van der Waals surface area (Å²) in [7, 11) is -8.52. The number of nitrogens with zero attached hydrogens (tertiary/aromatic N) is 1. The fourth-order valence-electron chi connectivity index (χ4n) is 0.305. The fourth-order valence-corrected chi connectivity index (χ4v) is 1.18. The van der Waals surface area contributed by atoms with Gasteiger partial charge in [-0.2, -0.15) is 0 Å². The van der Waals surface area contributed by atoms with E-state index in [9.17, 15) is 9.13 Å². The summed E-state index contributed by atoms with van der Waals surface area (Å²) in [5.74, 6) is 0. The van der Waals surface area contributed by atoms with Crippen molar-refractivity contribution >= 4 is 15.2 Å². The molecule has 0 aliphatic carbocycles. The minimum atomic E-state index is -4.26. The molecule has 0 aliphatic rings. The maximum absolute atomic E-state index is 10.1. The summed E-state index contributed by atoms with van der Waals surface area (Å²) in [6.45, 7) is 0. The van der Waals surface area contributed by atoms with Crippen LogP contribution in [-0.4, -0.2) is 32.1 Å². The third-order valence-electron chi connectivity index (χ3n) is 0.568. The molecule has 11 heavy (non-hydrogen) atoms. The molecule has 0 aromatic heterocycles. The lowest BCUT2D eigenvalue weighted by molar-refractivity contribution is 0.360. The molecule has 0 unspecified atom stereocenters. The highest BCUT2D eigenvalue weighted by atomic mass is 31.2. The Morgan fingerprint density at radius 3 is 1.36 bits per heavy atom.